The van der Waals surface area contributed by atoms with Gasteiger partial charge < -0.3 is 10.1 Å². The minimum Gasteiger partial charge on any atom is -0.478 e. The highest BCUT2D eigenvalue weighted by Crippen LogP contribution is 2.27. The molecule has 0 aliphatic heterocycles. The first-order valence-electron chi connectivity index (χ1n) is 6.68. The normalized spacial score (nSPS) is 12.2. The lowest BCUT2D eigenvalue weighted by Crippen LogP contribution is -2.09. The van der Waals surface area contributed by atoms with Crippen LogP contribution in [0.2, 0.25) is 0 Å². The lowest BCUT2D eigenvalue weighted by atomic mass is 10.2. The molecule has 0 saturated heterocycles. The van der Waals surface area contributed by atoms with Gasteiger partial charge in [0.1, 0.15) is 11.6 Å². The van der Waals surface area contributed by atoms with Crippen molar-refractivity contribution in [3.63, 3.8) is 0 Å². The quantitative estimate of drug-likeness (QED) is 0.915. The zero-order chi connectivity index (χ0) is 14.7. The number of ether oxygens (including phenoxy) is 1. The lowest BCUT2D eigenvalue weighted by Gasteiger charge is -2.14. The monoisotopic (exact) mass is 292 g/mol. The van der Waals surface area contributed by atoms with Gasteiger partial charge in [-0.15, -0.1) is 11.3 Å². The Bertz CT molecular complexity index is 597. The third kappa shape index (κ3) is 3.45. The van der Waals surface area contributed by atoms with Crippen molar-refractivity contribution in [1.29, 1.82) is 0 Å². The zero-order valence-corrected chi connectivity index (χ0v) is 13.3. The number of hydrogen-bond acceptors (Lipinski definition) is 6. The van der Waals surface area contributed by atoms with Crippen LogP contribution in [0.3, 0.4) is 0 Å². The van der Waals surface area contributed by atoms with Crippen LogP contribution >= 0.6 is 11.3 Å². The van der Waals surface area contributed by atoms with E-state index in [1.807, 2.05) is 33.8 Å². The lowest BCUT2D eigenvalue weighted by molar-refractivity contribution is 0.325. The minimum atomic E-state index is 0.157. The highest BCUT2D eigenvalue weighted by molar-refractivity contribution is 7.11. The van der Waals surface area contributed by atoms with E-state index < -0.39 is 0 Å². The molecule has 2 aromatic rings. The van der Waals surface area contributed by atoms with Gasteiger partial charge in [-0.2, -0.15) is 4.98 Å². The summed E-state index contributed by atoms with van der Waals surface area (Å²) < 4.78 is 5.44. The smallest absolute Gasteiger partial charge is 0.218 e. The molecule has 1 unspecified atom stereocenters. The third-order valence-electron chi connectivity index (χ3n) is 2.80. The Morgan fingerprint density at radius 3 is 2.60 bits per heavy atom. The van der Waals surface area contributed by atoms with Crippen LogP contribution in [0.5, 0.6) is 5.88 Å². The first kappa shape index (κ1) is 14.7. The number of nitrogens with one attached hydrogen (secondary N) is 1. The van der Waals surface area contributed by atoms with Crippen LogP contribution in [0.4, 0.5) is 5.82 Å². The number of nitrogens with zero attached hydrogens (tertiary/aromatic N) is 3. The average molecular weight is 292 g/mol. The van der Waals surface area contributed by atoms with E-state index in [0.29, 0.717) is 18.3 Å². The van der Waals surface area contributed by atoms with Crippen LogP contribution in [0.1, 0.15) is 41.3 Å². The molecule has 108 valence electrons. The predicted molar refractivity (Wildman–Crippen MR) is 81.6 cm³/mol. The molecule has 2 rings (SSSR count). The summed E-state index contributed by atoms with van der Waals surface area (Å²) in [6.45, 7) is 10.6. The van der Waals surface area contributed by atoms with Gasteiger partial charge in [-0.1, -0.05) is 0 Å². The Balaban J connectivity index is 2.18. The molecular weight excluding hydrogens is 272 g/mol. The fourth-order valence-corrected chi connectivity index (χ4v) is 3.00. The fraction of sp³-hybridized carbons (Fsp3) is 0.500. The highest BCUT2D eigenvalue weighted by Gasteiger charge is 2.14. The number of thiazole rings is 1. The summed E-state index contributed by atoms with van der Waals surface area (Å²) >= 11 is 1.71. The van der Waals surface area contributed by atoms with Gasteiger partial charge in [0.05, 0.1) is 23.4 Å². The second kappa shape index (κ2) is 6.17. The predicted octanol–water partition coefficient (Wildman–Crippen LogP) is 3.43. The molecule has 5 nitrogen and oxygen atoms in total. The van der Waals surface area contributed by atoms with E-state index in [-0.39, 0.29) is 6.04 Å². The second-order valence-electron chi connectivity index (χ2n) is 4.62. The summed E-state index contributed by atoms with van der Waals surface area (Å²) in [6, 6.07) is 1.99. The third-order valence-corrected chi connectivity index (χ3v) is 4.06. The van der Waals surface area contributed by atoms with Crippen molar-refractivity contribution in [2.45, 2.75) is 40.7 Å². The van der Waals surface area contributed by atoms with Crippen molar-refractivity contribution >= 4 is 17.2 Å². The Hall–Kier alpha value is -1.69. The molecule has 0 saturated carbocycles. The van der Waals surface area contributed by atoms with Gasteiger partial charge in [-0.3, -0.25) is 0 Å². The van der Waals surface area contributed by atoms with Gasteiger partial charge in [0.25, 0.3) is 0 Å². The number of hydrogen-bond donors (Lipinski definition) is 1. The Labute approximate surface area is 123 Å². The van der Waals surface area contributed by atoms with E-state index in [1.165, 1.54) is 4.88 Å². The van der Waals surface area contributed by atoms with Gasteiger partial charge in [-0.05, 0) is 34.6 Å². The SMILES string of the molecule is CCOc1cc(NC(C)c2sc(C)nc2C)nc(C)n1. The first-order chi connectivity index (χ1) is 9.49. The Morgan fingerprint density at radius 2 is 2.00 bits per heavy atom. The maximum atomic E-state index is 5.44. The largest absolute Gasteiger partial charge is 0.478 e. The van der Waals surface area contributed by atoms with Crippen LogP contribution in [-0.2, 0) is 0 Å². The molecule has 6 heteroatoms. The molecule has 0 aromatic carbocycles. The summed E-state index contributed by atoms with van der Waals surface area (Å²) in [5.41, 5.74) is 1.07. The number of aryl methyl sites for hydroxylation is 3. The van der Waals surface area contributed by atoms with Crippen LogP contribution in [0.15, 0.2) is 6.07 Å². The summed E-state index contributed by atoms with van der Waals surface area (Å²) in [7, 11) is 0. The zero-order valence-electron chi connectivity index (χ0n) is 12.5. The maximum Gasteiger partial charge on any atom is 0.218 e. The van der Waals surface area contributed by atoms with Gasteiger partial charge in [0.15, 0.2) is 0 Å². The molecule has 0 spiro atoms. The van der Waals surface area contributed by atoms with Gasteiger partial charge in [0, 0.05) is 10.9 Å². The number of rotatable bonds is 5. The van der Waals surface area contributed by atoms with E-state index >= 15 is 0 Å². The van der Waals surface area contributed by atoms with E-state index in [4.69, 9.17) is 4.74 Å². The van der Waals surface area contributed by atoms with E-state index in [0.717, 1.165) is 16.5 Å². The molecule has 0 radical (unpaired) electrons. The van der Waals surface area contributed by atoms with Crippen LogP contribution in [0.25, 0.3) is 0 Å². The van der Waals surface area contributed by atoms with Gasteiger partial charge in [-0.25, -0.2) is 9.97 Å². The molecule has 2 aromatic heterocycles. The van der Waals surface area contributed by atoms with Crippen LogP contribution < -0.4 is 10.1 Å². The second-order valence-corrected chi connectivity index (χ2v) is 5.85. The van der Waals surface area contributed by atoms with Crippen molar-refractivity contribution < 1.29 is 4.74 Å². The van der Waals surface area contributed by atoms with E-state index in [9.17, 15) is 0 Å². The van der Waals surface area contributed by atoms with E-state index in [1.54, 1.807) is 11.3 Å². The molecule has 2 heterocycles. The molecular formula is C14H20N4OS. The summed E-state index contributed by atoms with van der Waals surface area (Å²) in [6.07, 6.45) is 0. The highest BCUT2D eigenvalue weighted by atomic mass is 32.1. The molecule has 1 atom stereocenters. The summed E-state index contributed by atoms with van der Waals surface area (Å²) in [4.78, 5) is 14.3. The summed E-state index contributed by atoms with van der Waals surface area (Å²) in [5.74, 6) is 2.08. The Morgan fingerprint density at radius 1 is 1.25 bits per heavy atom. The average Bonchev–Trinajstić information content (AvgIpc) is 2.68. The van der Waals surface area contributed by atoms with Crippen LogP contribution in [-0.4, -0.2) is 21.6 Å². The molecule has 1 N–H and O–H groups in total. The topological polar surface area (TPSA) is 59.9 Å². The fourth-order valence-electron chi connectivity index (χ4n) is 2.07. The van der Waals surface area contributed by atoms with Crippen molar-refractivity contribution in [2.75, 3.05) is 11.9 Å². The van der Waals surface area contributed by atoms with Crippen molar-refractivity contribution in [1.82, 2.24) is 15.0 Å². The minimum absolute atomic E-state index is 0.157. The van der Waals surface area contributed by atoms with Crippen LogP contribution in [0, 0.1) is 20.8 Å². The van der Waals surface area contributed by atoms with E-state index in [2.05, 4.69) is 27.2 Å². The van der Waals surface area contributed by atoms with Crippen molar-refractivity contribution in [3.05, 3.63) is 27.5 Å². The van der Waals surface area contributed by atoms with Crippen molar-refractivity contribution in [2.24, 2.45) is 0 Å². The summed E-state index contributed by atoms with van der Waals surface area (Å²) in [5, 5.41) is 4.47. The number of aromatic nitrogens is 3. The molecule has 0 bridgehead atoms. The first-order valence-corrected chi connectivity index (χ1v) is 7.50. The van der Waals surface area contributed by atoms with Gasteiger partial charge in [0.2, 0.25) is 5.88 Å². The number of anilines is 1. The molecule has 0 aliphatic carbocycles. The van der Waals surface area contributed by atoms with Gasteiger partial charge >= 0.3 is 0 Å². The molecule has 0 fully saturated rings. The molecule has 0 aliphatic rings. The standard InChI is InChI=1S/C14H20N4OS/c1-6-19-13-7-12(17-10(4)18-13)16-9(3)14-8(2)15-11(5)20-14/h7,9H,6H2,1-5H3,(H,16,17,18). The molecule has 20 heavy (non-hydrogen) atoms. The Kier molecular flexibility index (Phi) is 4.54. The maximum absolute atomic E-state index is 5.44. The molecule has 0 amide bonds. The van der Waals surface area contributed by atoms with Crippen molar-refractivity contribution in [3.8, 4) is 5.88 Å².